The number of nitrogens with one attached hydrogen (secondary N) is 1. The molecule has 5 N–H and O–H groups in total. The van der Waals surface area contributed by atoms with Crippen LogP contribution in [0.5, 0.6) is 0 Å². The normalized spacial score (nSPS) is 12.2. The number of aliphatic hydroxyl groups is 2. The maximum absolute atomic E-state index is 13.0. The zero-order chi connectivity index (χ0) is 50.9. The minimum atomic E-state index is -0.436. The van der Waals surface area contributed by atoms with Crippen molar-refractivity contribution in [1.82, 2.24) is 79.9 Å². The molecule has 366 valence electrons. The van der Waals surface area contributed by atoms with Crippen molar-refractivity contribution in [3.05, 3.63) is 108 Å². The minimum absolute atomic E-state index is 0.0413. The first-order valence-corrected chi connectivity index (χ1v) is 22.1. The van der Waals surface area contributed by atoms with Crippen LogP contribution in [0.25, 0.3) is 45.3 Å². The van der Waals surface area contributed by atoms with Gasteiger partial charge in [0.2, 0.25) is 11.6 Å². The molecule has 0 aromatic carbocycles. The van der Waals surface area contributed by atoms with Crippen molar-refractivity contribution in [2.45, 2.75) is 92.4 Å². The van der Waals surface area contributed by atoms with Gasteiger partial charge in [-0.1, -0.05) is 12.1 Å². The highest BCUT2D eigenvalue weighted by atomic mass is 16.5. The first-order valence-electron chi connectivity index (χ1n) is 22.1. The third-order valence-electron chi connectivity index (χ3n) is 10.6. The largest absolute Gasteiger partial charge is 0.464 e. The number of ether oxygens (including phenoxy) is 1. The number of nitrogen functional groups attached to an aromatic ring is 1. The van der Waals surface area contributed by atoms with Gasteiger partial charge in [0.25, 0.3) is 5.91 Å². The third kappa shape index (κ3) is 12.3. The number of anilines is 2. The number of hydrogen-bond acceptors (Lipinski definition) is 18. The van der Waals surface area contributed by atoms with Crippen molar-refractivity contribution < 1.29 is 24.5 Å². The van der Waals surface area contributed by atoms with Gasteiger partial charge in [0.15, 0.2) is 0 Å². The second kappa shape index (κ2) is 21.8. The van der Waals surface area contributed by atoms with E-state index in [0.29, 0.717) is 40.4 Å². The number of amides is 1. The minimum Gasteiger partial charge on any atom is -0.464 e. The van der Waals surface area contributed by atoms with Crippen LogP contribution in [0, 0.1) is 13.8 Å². The fourth-order valence-corrected chi connectivity index (χ4v) is 6.53. The molecule has 0 aliphatic rings. The Kier molecular flexibility index (Phi) is 16.0. The number of carbonyl (C=O) groups excluding carboxylic acids is 2. The van der Waals surface area contributed by atoms with E-state index in [0.717, 1.165) is 33.4 Å². The molecule has 0 spiro atoms. The van der Waals surface area contributed by atoms with Crippen LogP contribution in [-0.2, 0) is 15.8 Å². The molecule has 8 aromatic rings. The van der Waals surface area contributed by atoms with Crippen LogP contribution < -0.4 is 11.1 Å². The molecule has 0 bridgehead atoms. The van der Waals surface area contributed by atoms with Gasteiger partial charge in [-0.3, -0.25) is 19.1 Å². The molecular formula is C47H58N18O5. The molecule has 70 heavy (non-hydrogen) atoms. The summed E-state index contributed by atoms with van der Waals surface area (Å²) in [7, 11) is 1.35. The highest BCUT2D eigenvalue weighted by Crippen LogP contribution is 2.28. The fraction of sp³-hybridized carbons (Fsp3) is 0.362. The van der Waals surface area contributed by atoms with Crippen LogP contribution in [0.15, 0.2) is 85.7 Å². The zero-order valence-electron chi connectivity index (χ0n) is 41.0. The molecular weight excluding hydrogens is 897 g/mol. The van der Waals surface area contributed by atoms with Gasteiger partial charge in [0.05, 0.1) is 55.9 Å². The SMILES string of the molecule is CC(CO)n1nnnc1-c1cccc(N)n1.COC(=O)c1cc(-c2cnn(C(C)(C)C)c2)c(C)cn1.Cc1cnc(C(=O)Nc2cccc(-c3nnnn3C(C)CO)n2)cc1-c1cnn(C(C)(C)C)c1. The molecule has 0 aliphatic carbocycles. The first-order chi connectivity index (χ1) is 33.2. The van der Waals surface area contributed by atoms with Crippen LogP contribution in [0.3, 0.4) is 0 Å². The summed E-state index contributed by atoms with van der Waals surface area (Å²) in [6.07, 6.45) is 10.9. The number of aryl methyl sites for hydroxylation is 2. The molecule has 0 fully saturated rings. The number of rotatable bonds is 11. The number of hydrogen-bond donors (Lipinski definition) is 4. The van der Waals surface area contributed by atoms with Crippen molar-refractivity contribution in [2.24, 2.45) is 0 Å². The lowest BCUT2D eigenvalue weighted by molar-refractivity contribution is 0.0594. The molecule has 8 rings (SSSR count). The van der Waals surface area contributed by atoms with E-state index in [2.05, 4.69) is 108 Å². The van der Waals surface area contributed by atoms with Crippen LogP contribution in [0.1, 0.15) is 99.6 Å². The summed E-state index contributed by atoms with van der Waals surface area (Å²) in [5.41, 5.74) is 12.6. The molecule has 8 heterocycles. The van der Waals surface area contributed by atoms with Crippen molar-refractivity contribution in [3.8, 4) is 45.3 Å². The summed E-state index contributed by atoms with van der Waals surface area (Å²) >= 11 is 0. The number of aromatic nitrogens is 16. The molecule has 23 nitrogen and oxygen atoms in total. The van der Waals surface area contributed by atoms with Gasteiger partial charge in [-0.05, 0) is 149 Å². The van der Waals surface area contributed by atoms with Crippen molar-refractivity contribution in [3.63, 3.8) is 0 Å². The maximum atomic E-state index is 13.0. The van der Waals surface area contributed by atoms with E-state index >= 15 is 0 Å². The van der Waals surface area contributed by atoms with Gasteiger partial charge in [0.1, 0.15) is 34.4 Å². The molecule has 2 atom stereocenters. The molecule has 23 heteroatoms. The van der Waals surface area contributed by atoms with Gasteiger partial charge in [-0.25, -0.2) is 29.1 Å². The number of nitrogens with zero attached hydrogens (tertiary/aromatic N) is 16. The third-order valence-corrected chi connectivity index (χ3v) is 10.6. The number of methoxy groups -OCH3 is 1. The Bertz CT molecular complexity index is 3050. The molecule has 0 radical (unpaired) electrons. The lowest BCUT2D eigenvalue weighted by atomic mass is 10.0. The lowest BCUT2D eigenvalue weighted by Gasteiger charge is -2.18. The average molecular weight is 955 g/mol. The van der Waals surface area contributed by atoms with Crippen LogP contribution in [-0.4, -0.2) is 122 Å². The van der Waals surface area contributed by atoms with Crippen molar-refractivity contribution >= 4 is 23.5 Å². The number of esters is 1. The van der Waals surface area contributed by atoms with Gasteiger partial charge < -0.3 is 26.0 Å². The Labute approximate surface area is 404 Å². The molecule has 0 saturated heterocycles. The number of nitrogens with two attached hydrogens (primary N) is 1. The van der Waals surface area contributed by atoms with E-state index in [1.54, 1.807) is 80.2 Å². The summed E-state index contributed by atoms with van der Waals surface area (Å²) in [6.45, 7) is 19.8. The van der Waals surface area contributed by atoms with Crippen LogP contribution >= 0.6 is 0 Å². The second-order valence-corrected chi connectivity index (χ2v) is 18.2. The molecule has 1 amide bonds. The predicted molar refractivity (Wildman–Crippen MR) is 260 cm³/mol. The number of pyridine rings is 4. The van der Waals surface area contributed by atoms with Crippen molar-refractivity contribution in [2.75, 3.05) is 31.4 Å². The fourth-order valence-electron chi connectivity index (χ4n) is 6.53. The molecule has 0 aliphatic heterocycles. The summed E-state index contributed by atoms with van der Waals surface area (Å²) in [4.78, 5) is 41.5. The summed E-state index contributed by atoms with van der Waals surface area (Å²) in [5.74, 6) is 0.798. The zero-order valence-corrected chi connectivity index (χ0v) is 41.0. The quantitative estimate of drug-likeness (QED) is 0.116. The molecule has 0 saturated carbocycles. The monoisotopic (exact) mass is 954 g/mol. The Morgan fingerprint density at radius 2 is 1.17 bits per heavy atom. The maximum Gasteiger partial charge on any atom is 0.356 e. The molecule has 8 aromatic heterocycles. The summed E-state index contributed by atoms with van der Waals surface area (Å²) in [6, 6.07) is 13.4. The van der Waals surface area contributed by atoms with Gasteiger partial charge >= 0.3 is 5.97 Å². The average Bonchev–Trinajstić information content (AvgIpc) is 4.19. The van der Waals surface area contributed by atoms with E-state index in [1.807, 2.05) is 42.5 Å². The number of carbonyl (C=O) groups is 2. The van der Waals surface area contributed by atoms with Crippen LogP contribution in [0.2, 0.25) is 0 Å². The summed E-state index contributed by atoms with van der Waals surface area (Å²) < 4.78 is 11.5. The topological polar surface area (TPSA) is 296 Å². The highest BCUT2D eigenvalue weighted by molar-refractivity contribution is 6.03. The second-order valence-electron chi connectivity index (χ2n) is 18.2. The smallest absolute Gasteiger partial charge is 0.356 e. The summed E-state index contributed by atoms with van der Waals surface area (Å²) in [5, 5.41) is 53.0. The van der Waals surface area contributed by atoms with E-state index in [-0.39, 0.29) is 42.1 Å². The standard InChI is InChI=1S/C23H27N9O2.C15H19N3O2.C9H12N6O/c1-14-10-24-19(9-17(14)16-11-25-31(12-16)23(3,4)5)22(34)27-20-8-6-7-18(26-20)21-28-29-30-32(21)15(2)13-33;1-10-7-16-13(14(19)20-5)6-12(10)11-8-17-18(9-11)15(2,3)4;1-6(5-16)15-9(12-13-14-15)7-3-2-4-8(10)11-7/h6-12,15,33H,13H2,1-5H3,(H,26,27,34);6-9H,1-5H3;2-4,6,16H,5H2,1H3,(H2,10,11). The highest BCUT2D eigenvalue weighted by Gasteiger charge is 2.21. The van der Waals surface area contributed by atoms with E-state index in [9.17, 15) is 14.7 Å². The van der Waals surface area contributed by atoms with Crippen LogP contribution in [0.4, 0.5) is 11.6 Å². The Balaban J connectivity index is 0.000000189. The van der Waals surface area contributed by atoms with Gasteiger partial charge in [-0.2, -0.15) is 10.2 Å². The van der Waals surface area contributed by atoms with Gasteiger partial charge in [0, 0.05) is 35.9 Å². The van der Waals surface area contributed by atoms with Gasteiger partial charge in [-0.15, -0.1) is 10.2 Å². The molecule has 2 unspecified atom stereocenters. The van der Waals surface area contributed by atoms with Crippen molar-refractivity contribution in [1.29, 1.82) is 0 Å². The Hall–Kier alpha value is -8.18. The van der Waals surface area contributed by atoms with E-state index < -0.39 is 11.9 Å². The predicted octanol–water partition coefficient (Wildman–Crippen LogP) is 5.53. The van der Waals surface area contributed by atoms with E-state index in [1.165, 1.54) is 16.5 Å². The first kappa shape index (κ1) is 51.2. The number of aliphatic hydroxyl groups excluding tert-OH is 2. The van der Waals surface area contributed by atoms with E-state index in [4.69, 9.17) is 15.6 Å². The Morgan fingerprint density at radius 1 is 0.700 bits per heavy atom. The lowest BCUT2D eigenvalue weighted by Crippen LogP contribution is -2.21. The number of tetrazole rings is 2. The Morgan fingerprint density at radius 3 is 1.63 bits per heavy atom.